The van der Waals surface area contributed by atoms with Crippen LogP contribution >= 0.6 is 11.6 Å². The van der Waals surface area contributed by atoms with Crippen molar-refractivity contribution in [2.75, 3.05) is 23.3 Å². The average molecular weight is 482 g/mol. The Bertz CT molecular complexity index is 1100. The summed E-state index contributed by atoms with van der Waals surface area (Å²) in [4.78, 5) is 34.7. The van der Waals surface area contributed by atoms with Gasteiger partial charge in [0.1, 0.15) is 11.6 Å². The Hall–Kier alpha value is -2.88. The fourth-order valence-corrected chi connectivity index (χ4v) is 4.44. The van der Waals surface area contributed by atoms with Crippen molar-refractivity contribution < 1.29 is 22.8 Å². The lowest BCUT2D eigenvalue weighted by molar-refractivity contribution is -0.137. The fourth-order valence-electron chi connectivity index (χ4n) is 4.15. The normalized spacial score (nSPS) is 19.0. The molecule has 0 radical (unpaired) electrons. The third-order valence-electron chi connectivity index (χ3n) is 6.10. The van der Waals surface area contributed by atoms with Gasteiger partial charge in [-0.15, -0.1) is 0 Å². The van der Waals surface area contributed by atoms with Gasteiger partial charge in [0, 0.05) is 42.4 Å². The van der Waals surface area contributed by atoms with Crippen LogP contribution in [0.5, 0.6) is 0 Å². The number of hydrogen-bond acceptors (Lipinski definition) is 5. The lowest BCUT2D eigenvalue weighted by atomic mass is 10.0. The summed E-state index contributed by atoms with van der Waals surface area (Å²) in [5, 5.41) is 5.64. The molecule has 4 rings (SSSR count). The van der Waals surface area contributed by atoms with Crippen molar-refractivity contribution in [1.29, 1.82) is 0 Å². The molecule has 2 amide bonds. The first-order valence-corrected chi connectivity index (χ1v) is 11.0. The first kappa shape index (κ1) is 23.3. The molecule has 1 saturated carbocycles. The smallest absolute Gasteiger partial charge is 0.353 e. The van der Waals surface area contributed by atoms with Gasteiger partial charge in [0.15, 0.2) is 0 Å². The Morgan fingerprint density at radius 1 is 1.27 bits per heavy atom. The minimum atomic E-state index is -4.52. The van der Waals surface area contributed by atoms with Gasteiger partial charge in [0.2, 0.25) is 5.91 Å². The Labute approximate surface area is 193 Å². The highest BCUT2D eigenvalue weighted by Gasteiger charge is 2.56. The van der Waals surface area contributed by atoms with Crippen LogP contribution in [0.25, 0.3) is 0 Å². The van der Waals surface area contributed by atoms with Gasteiger partial charge in [-0.2, -0.15) is 13.2 Å². The number of hydrogen-bond donors (Lipinski definition) is 2. The van der Waals surface area contributed by atoms with Crippen LogP contribution in [0.15, 0.2) is 24.4 Å². The largest absolute Gasteiger partial charge is 0.417 e. The molecule has 0 aromatic carbocycles. The Morgan fingerprint density at radius 2 is 2.00 bits per heavy atom. The number of rotatable bonds is 5. The van der Waals surface area contributed by atoms with E-state index in [1.807, 2.05) is 4.90 Å². The number of anilines is 2. The van der Waals surface area contributed by atoms with Crippen molar-refractivity contribution in [2.45, 2.75) is 45.3 Å². The summed E-state index contributed by atoms with van der Waals surface area (Å²) in [6.07, 6.45) is -1.68. The van der Waals surface area contributed by atoms with Crippen LogP contribution in [-0.4, -0.2) is 40.9 Å². The average Bonchev–Trinajstić information content (AvgIpc) is 3.43. The molecule has 0 bridgehead atoms. The Morgan fingerprint density at radius 3 is 2.61 bits per heavy atom. The second-order valence-electron chi connectivity index (χ2n) is 8.58. The van der Waals surface area contributed by atoms with E-state index in [2.05, 4.69) is 20.6 Å². The second-order valence-corrected chi connectivity index (χ2v) is 8.99. The van der Waals surface area contributed by atoms with Gasteiger partial charge in [-0.3, -0.25) is 9.59 Å². The molecule has 7 nitrogen and oxygen atoms in total. The summed E-state index contributed by atoms with van der Waals surface area (Å²) < 4.78 is 38.8. The van der Waals surface area contributed by atoms with Crippen LogP contribution in [0.1, 0.15) is 47.8 Å². The summed E-state index contributed by atoms with van der Waals surface area (Å²) in [5.74, 6) is 0.0692. The molecule has 176 valence electrons. The van der Waals surface area contributed by atoms with Gasteiger partial charge in [-0.25, -0.2) is 9.97 Å². The van der Waals surface area contributed by atoms with E-state index in [4.69, 9.17) is 11.6 Å². The lowest BCUT2D eigenvalue weighted by Gasteiger charge is -2.20. The minimum absolute atomic E-state index is 0.0753. The van der Waals surface area contributed by atoms with E-state index in [1.165, 1.54) is 6.07 Å². The molecule has 2 aliphatic rings. The number of aromatic nitrogens is 2. The quantitative estimate of drug-likeness (QED) is 0.668. The summed E-state index contributed by atoms with van der Waals surface area (Å²) in [7, 11) is 0. The molecule has 3 heterocycles. The maximum atomic E-state index is 13.0. The van der Waals surface area contributed by atoms with Gasteiger partial charge < -0.3 is 15.5 Å². The third-order valence-corrected chi connectivity index (χ3v) is 6.38. The van der Waals surface area contributed by atoms with Crippen molar-refractivity contribution >= 4 is 35.1 Å². The molecule has 1 atom stereocenters. The summed E-state index contributed by atoms with van der Waals surface area (Å²) in [5.41, 5.74) is -0.108. The lowest BCUT2D eigenvalue weighted by Crippen LogP contribution is -2.41. The maximum absolute atomic E-state index is 13.0. The molecule has 1 spiro atoms. The number of carbonyl (C=O) groups excluding carboxylic acids is 2. The summed E-state index contributed by atoms with van der Waals surface area (Å²) in [6.45, 7) is 4.38. The first-order valence-electron chi connectivity index (χ1n) is 10.6. The van der Waals surface area contributed by atoms with Crippen molar-refractivity contribution in [2.24, 2.45) is 5.41 Å². The van der Waals surface area contributed by atoms with Gasteiger partial charge in [-0.1, -0.05) is 18.5 Å². The molecule has 2 aromatic heterocycles. The highest BCUT2D eigenvalue weighted by molar-refractivity contribution is 6.33. The SMILES string of the molecule is CCC(=O)Nc1cc(C(=O)NC2CN(c3ncc(C(F)(F)F)cc3Cl)CC23CC3)cc(C)n1. The minimum Gasteiger partial charge on any atom is -0.353 e. The number of nitrogens with zero attached hydrogens (tertiary/aromatic N) is 3. The van der Waals surface area contributed by atoms with Crippen LogP contribution in [-0.2, 0) is 11.0 Å². The van der Waals surface area contributed by atoms with Crippen molar-refractivity contribution in [3.63, 3.8) is 0 Å². The summed E-state index contributed by atoms with van der Waals surface area (Å²) in [6, 6.07) is 3.82. The zero-order valence-corrected chi connectivity index (χ0v) is 18.8. The van der Waals surface area contributed by atoms with Crippen LogP contribution in [0.4, 0.5) is 24.8 Å². The molecule has 2 fully saturated rings. The molecule has 1 unspecified atom stereocenters. The monoisotopic (exact) mass is 481 g/mol. The third kappa shape index (κ3) is 4.90. The summed E-state index contributed by atoms with van der Waals surface area (Å²) >= 11 is 6.13. The highest BCUT2D eigenvalue weighted by atomic mass is 35.5. The Kier molecular flexibility index (Phi) is 5.98. The fraction of sp³-hybridized carbons (Fsp3) is 0.455. The van der Waals surface area contributed by atoms with Crippen molar-refractivity contribution in [3.8, 4) is 0 Å². The zero-order chi connectivity index (χ0) is 24.0. The Balaban J connectivity index is 1.50. The van der Waals surface area contributed by atoms with Crippen molar-refractivity contribution in [1.82, 2.24) is 15.3 Å². The molecule has 11 heteroatoms. The van der Waals surface area contributed by atoms with E-state index >= 15 is 0 Å². The second kappa shape index (κ2) is 8.48. The van der Waals surface area contributed by atoms with Gasteiger partial charge >= 0.3 is 6.18 Å². The van der Waals surface area contributed by atoms with E-state index in [1.54, 1.807) is 19.9 Å². The number of pyridine rings is 2. The highest BCUT2D eigenvalue weighted by Crippen LogP contribution is 2.54. The molecule has 2 aromatic rings. The number of amides is 2. The van der Waals surface area contributed by atoms with E-state index in [-0.39, 0.29) is 40.5 Å². The predicted molar refractivity (Wildman–Crippen MR) is 117 cm³/mol. The maximum Gasteiger partial charge on any atom is 0.417 e. The number of aryl methyl sites for hydroxylation is 1. The van der Waals surface area contributed by atoms with Crippen LogP contribution < -0.4 is 15.5 Å². The number of nitrogens with one attached hydrogen (secondary N) is 2. The molecule has 1 aliphatic carbocycles. The van der Waals surface area contributed by atoms with E-state index in [9.17, 15) is 22.8 Å². The molecule has 2 N–H and O–H groups in total. The number of halogens is 4. The van der Waals surface area contributed by atoms with E-state index < -0.39 is 11.7 Å². The van der Waals surface area contributed by atoms with Crippen molar-refractivity contribution in [3.05, 3.63) is 46.2 Å². The van der Waals surface area contributed by atoms with Crippen LogP contribution in [0, 0.1) is 12.3 Å². The number of alkyl halides is 3. The molecule has 1 aliphatic heterocycles. The standard InChI is InChI=1S/C22H23ClF3N5O2/c1-3-18(32)30-17-7-13(6-12(2)28-17)20(33)29-16-10-31(11-21(16)4-5-21)19-15(23)8-14(9-27-19)22(24,25)26/h6-9,16H,3-5,10-11H2,1-2H3,(H,29,33)(H,28,30,32). The van der Waals surface area contributed by atoms with Gasteiger partial charge in [0.05, 0.1) is 16.6 Å². The predicted octanol–water partition coefficient (Wildman–Crippen LogP) is 4.20. The van der Waals surface area contributed by atoms with Crippen LogP contribution in [0.2, 0.25) is 5.02 Å². The van der Waals surface area contributed by atoms with Gasteiger partial charge in [0.25, 0.3) is 5.91 Å². The molecule has 1 saturated heterocycles. The molecular weight excluding hydrogens is 459 g/mol. The zero-order valence-electron chi connectivity index (χ0n) is 18.1. The van der Waals surface area contributed by atoms with Gasteiger partial charge in [-0.05, 0) is 38.0 Å². The van der Waals surface area contributed by atoms with E-state index in [0.717, 1.165) is 25.1 Å². The molecular formula is C22H23ClF3N5O2. The topological polar surface area (TPSA) is 87.2 Å². The van der Waals surface area contributed by atoms with E-state index in [0.29, 0.717) is 30.2 Å². The van der Waals surface area contributed by atoms with Crippen LogP contribution in [0.3, 0.4) is 0 Å². The first-order chi connectivity index (χ1) is 15.5. The molecule has 33 heavy (non-hydrogen) atoms. The number of carbonyl (C=O) groups is 2.